The zero-order chi connectivity index (χ0) is 19.3. The van der Waals surface area contributed by atoms with Crippen LogP contribution in [-0.2, 0) is 17.6 Å². The van der Waals surface area contributed by atoms with Crippen molar-refractivity contribution in [1.29, 1.82) is 0 Å². The van der Waals surface area contributed by atoms with Gasteiger partial charge in [-0.05, 0) is 66.3 Å². The molecule has 0 radical (unpaired) electrons. The average Bonchev–Trinajstić information content (AvgIpc) is 3.16. The number of nitrogens with one attached hydrogen (secondary N) is 1. The molecule has 7 nitrogen and oxygen atoms in total. The van der Waals surface area contributed by atoms with Gasteiger partial charge in [0.05, 0.1) is 12.6 Å². The van der Waals surface area contributed by atoms with E-state index in [0.29, 0.717) is 19.4 Å². The van der Waals surface area contributed by atoms with Crippen LogP contribution in [0.1, 0.15) is 62.4 Å². The number of rotatable bonds is 7. The summed E-state index contributed by atoms with van der Waals surface area (Å²) < 4.78 is 21.8. The lowest BCUT2D eigenvalue weighted by Gasteiger charge is -2.26. The van der Waals surface area contributed by atoms with Crippen molar-refractivity contribution in [2.24, 2.45) is 0 Å². The van der Waals surface area contributed by atoms with Crippen LogP contribution in [0.3, 0.4) is 0 Å². The Labute approximate surface area is 163 Å². The maximum Gasteiger partial charge on any atom is 0.224 e. The molecular weight excluding hydrogens is 361 g/mol. The zero-order valence-corrected chi connectivity index (χ0v) is 15.9. The number of carbonyl (C=O) groups excluding carboxylic acids is 1. The summed E-state index contributed by atoms with van der Waals surface area (Å²) in [4.78, 5) is 11.4. The van der Waals surface area contributed by atoms with Crippen molar-refractivity contribution in [3.05, 3.63) is 29.6 Å². The first-order valence-corrected chi connectivity index (χ1v) is 10.2. The van der Waals surface area contributed by atoms with Crippen molar-refractivity contribution in [1.82, 2.24) is 20.2 Å². The number of nitrogens with zero attached hydrogens (tertiary/aromatic N) is 4. The summed E-state index contributed by atoms with van der Waals surface area (Å²) in [6, 6.07) is 5.56. The lowest BCUT2D eigenvalue weighted by Crippen LogP contribution is -2.27. The number of fused-ring (bicyclic) bond motifs is 1. The van der Waals surface area contributed by atoms with E-state index in [4.69, 9.17) is 4.74 Å². The van der Waals surface area contributed by atoms with Gasteiger partial charge in [-0.1, -0.05) is 12.8 Å². The molecule has 1 amide bonds. The molecule has 2 aliphatic rings. The normalized spacial score (nSPS) is 21.8. The van der Waals surface area contributed by atoms with Crippen LogP contribution in [0.25, 0.3) is 0 Å². The van der Waals surface area contributed by atoms with Gasteiger partial charge in [-0.25, -0.2) is 9.07 Å². The summed E-state index contributed by atoms with van der Waals surface area (Å²) in [7, 11) is 0. The summed E-state index contributed by atoms with van der Waals surface area (Å²) in [6.07, 6.45) is 6.26. The van der Waals surface area contributed by atoms with Crippen LogP contribution in [0.5, 0.6) is 5.75 Å². The molecule has 8 heteroatoms. The highest BCUT2D eigenvalue weighted by atomic mass is 19.1. The molecule has 28 heavy (non-hydrogen) atoms. The Morgan fingerprint density at radius 2 is 2.11 bits per heavy atom. The van der Waals surface area contributed by atoms with Crippen molar-refractivity contribution < 1.29 is 13.9 Å². The molecule has 0 spiro atoms. The number of alkyl halides is 1. The van der Waals surface area contributed by atoms with E-state index in [9.17, 15) is 9.18 Å². The number of amides is 1. The van der Waals surface area contributed by atoms with E-state index in [1.165, 1.54) is 0 Å². The van der Waals surface area contributed by atoms with Gasteiger partial charge in [-0.15, -0.1) is 5.10 Å². The Balaban J connectivity index is 1.24. The van der Waals surface area contributed by atoms with Crippen LogP contribution < -0.4 is 10.1 Å². The monoisotopic (exact) mass is 387 g/mol. The van der Waals surface area contributed by atoms with E-state index in [-0.39, 0.29) is 11.9 Å². The van der Waals surface area contributed by atoms with Crippen LogP contribution in [0, 0.1) is 0 Å². The van der Waals surface area contributed by atoms with E-state index in [0.717, 1.165) is 67.8 Å². The van der Waals surface area contributed by atoms with Crippen molar-refractivity contribution in [3.63, 3.8) is 0 Å². The number of benzene rings is 1. The summed E-state index contributed by atoms with van der Waals surface area (Å²) >= 11 is 0. The molecule has 2 atom stereocenters. The second-order valence-corrected chi connectivity index (χ2v) is 7.58. The number of hydrogen-bond donors (Lipinski definition) is 1. The minimum absolute atomic E-state index is 0.0656. The fraction of sp³-hybridized carbons (Fsp3) is 0.600. The molecule has 2 aromatic rings. The number of ether oxygens (including phenoxy) is 1. The van der Waals surface area contributed by atoms with Crippen LogP contribution >= 0.6 is 0 Å². The number of unbranched alkanes of at least 4 members (excludes halogenated alkanes) is 1. The number of halogens is 1. The first-order chi connectivity index (χ1) is 13.7. The first kappa shape index (κ1) is 18.8. The van der Waals surface area contributed by atoms with Gasteiger partial charge in [-0.2, -0.15) is 0 Å². The summed E-state index contributed by atoms with van der Waals surface area (Å²) in [5.74, 6) is 1.65. The van der Waals surface area contributed by atoms with E-state index in [1.54, 1.807) is 4.68 Å². The fourth-order valence-electron chi connectivity index (χ4n) is 4.00. The Bertz CT molecular complexity index is 825. The molecule has 1 aromatic heterocycles. The average molecular weight is 387 g/mol. The van der Waals surface area contributed by atoms with Crippen LogP contribution in [0.15, 0.2) is 18.2 Å². The highest BCUT2D eigenvalue weighted by Gasteiger charge is 2.29. The molecule has 0 unspecified atom stereocenters. The van der Waals surface area contributed by atoms with Crippen LogP contribution in [0.2, 0.25) is 0 Å². The molecule has 150 valence electrons. The lowest BCUT2D eigenvalue weighted by molar-refractivity contribution is -0.116. The number of carbonyl (C=O) groups is 1. The third-order valence-electron chi connectivity index (χ3n) is 5.56. The van der Waals surface area contributed by atoms with Gasteiger partial charge in [-0.3, -0.25) is 4.79 Å². The van der Waals surface area contributed by atoms with Crippen molar-refractivity contribution in [3.8, 4) is 5.75 Å². The van der Waals surface area contributed by atoms with E-state index in [1.807, 2.05) is 18.2 Å². The maximum atomic E-state index is 14.2. The van der Waals surface area contributed by atoms with Crippen molar-refractivity contribution in [2.45, 2.75) is 70.0 Å². The summed E-state index contributed by atoms with van der Waals surface area (Å²) in [6.45, 7) is 0.599. The molecule has 1 saturated carbocycles. The standard InChI is InChI=1S/C20H26FN5O2/c21-16-5-1-2-6-18(16)26-19(23-24-25-26)7-3-4-12-28-15-9-10-17-14(13-15)8-11-20(27)22-17/h9-10,13,16,18H,1-8,11-12H2,(H,22,27)/t16-,18-/m0/s1. The number of anilines is 1. The predicted molar refractivity (Wildman–Crippen MR) is 102 cm³/mol. The Kier molecular flexibility index (Phi) is 5.83. The van der Waals surface area contributed by atoms with Crippen molar-refractivity contribution >= 4 is 11.6 Å². The lowest BCUT2D eigenvalue weighted by atomic mass is 9.93. The first-order valence-electron chi connectivity index (χ1n) is 10.2. The molecule has 1 aromatic carbocycles. The number of aryl methyl sites for hydroxylation is 2. The molecule has 2 heterocycles. The number of hydrogen-bond acceptors (Lipinski definition) is 5. The second-order valence-electron chi connectivity index (χ2n) is 7.58. The number of aromatic nitrogens is 4. The Morgan fingerprint density at radius 1 is 1.21 bits per heavy atom. The molecule has 1 aliphatic carbocycles. The SMILES string of the molecule is O=C1CCc2cc(OCCCCc3nnnn3[C@H]3CCCC[C@@H]3F)ccc2N1. The van der Waals surface area contributed by atoms with Gasteiger partial charge in [0.1, 0.15) is 11.9 Å². The maximum absolute atomic E-state index is 14.2. The van der Waals surface area contributed by atoms with E-state index >= 15 is 0 Å². The third kappa shape index (κ3) is 4.31. The minimum atomic E-state index is -0.854. The van der Waals surface area contributed by atoms with Crippen molar-refractivity contribution in [2.75, 3.05) is 11.9 Å². The third-order valence-corrected chi connectivity index (χ3v) is 5.56. The second kappa shape index (κ2) is 8.67. The van der Waals surface area contributed by atoms with E-state index in [2.05, 4.69) is 20.8 Å². The Morgan fingerprint density at radius 3 is 3.00 bits per heavy atom. The van der Waals surface area contributed by atoms with E-state index < -0.39 is 6.17 Å². The largest absolute Gasteiger partial charge is 0.494 e. The van der Waals surface area contributed by atoms with Crippen LogP contribution in [-0.4, -0.2) is 38.9 Å². The molecule has 1 aliphatic heterocycles. The highest BCUT2D eigenvalue weighted by Crippen LogP contribution is 2.31. The fourth-order valence-corrected chi connectivity index (χ4v) is 4.00. The summed E-state index contributed by atoms with van der Waals surface area (Å²) in [5.41, 5.74) is 1.99. The minimum Gasteiger partial charge on any atom is -0.494 e. The van der Waals surface area contributed by atoms with Gasteiger partial charge >= 0.3 is 0 Å². The van der Waals surface area contributed by atoms with Gasteiger partial charge in [0.15, 0.2) is 5.82 Å². The van der Waals surface area contributed by atoms with Gasteiger partial charge < -0.3 is 10.1 Å². The summed E-state index contributed by atoms with van der Waals surface area (Å²) in [5, 5.41) is 14.8. The van der Waals surface area contributed by atoms with Gasteiger partial charge in [0, 0.05) is 18.5 Å². The topological polar surface area (TPSA) is 81.9 Å². The zero-order valence-electron chi connectivity index (χ0n) is 15.9. The van der Waals surface area contributed by atoms with Gasteiger partial charge in [0.2, 0.25) is 5.91 Å². The smallest absolute Gasteiger partial charge is 0.224 e. The molecule has 4 rings (SSSR count). The molecular formula is C20H26FN5O2. The van der Waals surface area contributed by atoms with Crippen LogP contribution in [0.4, 0.5) is 10.1 Å². The Hall–Kier alpha value is -2.51. The quantitative estimate of drug-likeness (QED) is 0.736. The molecule has 1 fully saturated rings. The predicted octanol–water partition coefficient (Wildman–Crippen LogP) is 3.41. The molecule has 0 bridgehead atoms. The molecule has 1 N–H and O–H groups in total. The number of tetrazole rings is 1. The van der Waals surface area contributed by atoms with Gasteiger partial charge in [0.25, 0.3) is 0 Å². The molecule has 0 saturated heterocycles. The highest BCUT2D eigenvalue weighted by molar-refractivity contribution is 5.93.